The Morgan fingerprint density at radius 1 is 1.40 bits per heavy atom. The Morgan fingerprint density at radius 3 is 3.04 bits per heavy atom. The lowest BCUT2D eigenvalue weighted by Crippen LogP contribution is -2.42. The Kier molecular flexibility index (Phi) is 4.58. The van der Waals surface area contributed by atoms with Crippen LogP contribution in [-0.2, 0) is 11.2 Å². The van der Waals surface area contributed by atoms with E-state index in [2.05, 4.69) is 33.5 Å². The molecule has 2 aliphatic rings. The van der Waals surface area contributed by atoms with Gasteiger partial charge in [0.15, 0.2) is 0 Å². The van der Waals surface area contributed by atoms with Gasteiger partial charge in [-0.05, 0) is 50.4 Å². The molecule has 5 nitrogen and oxygen atoms in total. The van der Waals surface area contributed by atoms with Crippen LogP contribution in [0.2, 0.25) is 0 Å². The fraction of sp³-hybridized carbons (Fsp3) is 0.474. The predicted molar refractivity (Wildman–Crippen MR) is 100 cm³/mol. The van der Waals surface area contributed by atoms with E-state index in [-0.39, 0.29) is 18.6 Å². The van der Waals surface area contributed by atoms with Crippen molar-refractivity contribution >= 4 is 22.9 Å². The van der Waals surface area contributed by atoms with Crippen molar-refractivity contribution in [3.05, 3.63) is 34.2 Å². The summed E-state index contributed by atoms with van der Waals surface area (Å²) in [6, 6.07) is 6.42. The fourth-order valence-electron chi connectivity index (χ4n) is 3.89. The summed E-state index contributed by atoms with van der Waals surface area (Å²) in [5, 5.41) is 12.6. The lowest BCUT2D eigenvalue weighted by molar-refractivity contribution is -0.120. The van der Waals surface area contributed by atoms with Crippen molar-refractivity contribution in [2.75, 3.05) is 31.1 Å². The lowest BCUT2D eigenvalue weighted by Gasteiger charge is -2.25. The van der Waals surface area contributed by atoms with Crippen LogP contribution >= 0.6 is 11.3 Å². The Balaban J connectivity index is 1.50. The zero-order chi connectivity index (χ0) is 17.4. The third-order valence-electron chi connectivity index (χ3n) is 5.24. The number of thiazole rings is 1. The number of aromatic nitrogens is 1. The number of carbonyl (C=O) groups excluding carboxylic acids is 1. The zero-order valence-corrected chi connectivity index (χ0v) is 15.3. The van der Waals surface area contributed by atoms with Gasteiger partial charge >= 0.3 is 0 Å². The van der Waals surface area contributed by atoms with Gasteiger partial charge in [0.25, 0.3) is 0 Å². The molecule has 1 fully saturated rings. The predicted octanol–water partition coefficient (Wildman–Crippen LogP) is 2.46. The molecule has 1 aromatic heterocycles. The van der Waals surface area contributed by atoms with Gasteiger partial charge in [-0.2, -0.15) is 0 Å². The van der Waals surface area contributed by atoms with Gasteiger partial charge in [0.2, 0.25) is 5.91 Å². The van der Waals surface area contributed by atoms with E-state index < -0.39 is 0 Å². The molecule has 1 aromatic carbocycles. The van der Waals surface area contributed by atoms with Crippen LogP contribution in [0.3, 0.4) is 0 Å². The van der Waals surface area contributed by atoms with Crippen molar-refractivity contribution in [2.45, 2.75) is 32.2 Å². The highest BCUT2D eigenvalue weighted by Gasteiger charge is 2.30. The van der Waals surface area contributed by atoms with E-state index >= 15 is 0 Å². The van der Waals surface area contributed by atoms with Gasteiger partial charge < -0.3 is 10.0 Å². The standard InChI is InChI=1S/C19H23N3O2S/c1-13-20-17(12-25-13)14-4-5-18-15(9-14)6-8-22(18)19(24)10-21-7-2-3-16(21)11-23/h4-5,9,12,16,23H,2-3,6-8,10-11H2,1H3/t16-/m0/s1. The summed E-state index contributed by atoms with van der Waals surface area (Å²) in [5.74, 6) is 0.136. The highest BCUT2D eigenvalue weighted by molar-refractivity contribution is 7.09. The van der Waals surface area contributed by atoms with Crippen LogP contribution in [0.4, 0.5) is 5.69 Å². The topological polar surface area (TPSA) is 56.7 Å². The van der Waals surface area contributed by atoms with Crippen molar-refractivity contribution in [1.29, 1.82) is 0 Å². The second-order valence-electron chi connectivity index (χ2n) is 6.84. The summed E-state index contributed by atoms with van der Waals surface area (Å²) in [6.07, 6.45) is 2.93. The molecule has 1 amide bonds. The number of carbonyl (C=O) groups is 1. The van der Waals surface area contributed by atoms with Crippen molar-refractivity contribution < 1.29 is 9.90 Å². The number of fused-ring (bicyclic) bond motifs is 1. The van der Waals surface area contributed by atoms with Gasteiger partial charge in [-0.15, -0.1) is 11.3 Å². The third-order valence-corrected chi connectivity index (χ3v) is 6.01. The van der Waals surface area contributed by atoms with Crippen molar-refractivity contribution in [3.63, 3.8) is 0 Å². The number of rotatable bonds is 4. The fourth-order valence-corrected chi connectivity index (χ4v) is 4.51. The van der Waals surface area contributed by atoms with E-state index in [1.165, 1.54) is 5.56 Å². The number of hydrogen-bond donors (Lipinski definition) is 1. The first-order chi connectivity index (χ1) is 12.2. The third kappa shape index (κ3) is 3.21. The van der Waals surface area contributed by atoms with Crippen LogP contribution in [0.1, 0.15) is 23.4 Å². The summed E-state index contributed by atoms with van der Waals surface area (Å²) < 4.78 is 0. The molecule has 0 spiro atoms. The maximum atomic E-state index is 12.8. The summed E-state index contributed by atoms with van der Waals surface area (Å²) in [7, 11) is 0. The molecule has 1 saturated heterocycles. The van der Waals surface area contributed by atoms with E-state index in [0.717, 1.165) is 54.3 Å². The van der Waals surface area contributed by atoms with Gasteiger partial charge in [0, 0.05) is 29.2 Å². The van der Waals surface area contributed by atoms with E-state index in [0.29, 0.717) is 6.54 Å². The Morgan fingerprint density at radius 2 is 2.28 bits per heavy atom. The first kappa shape index (κ1) is 16.7. The van der Waals surface area contributed by atoms with Crippen LogP contribution in [0.25, 0.3) is 11.3 Å². The number of nitrogens with zero attached hydrogens (tertiary/aromatic N) is 3. The molecule has 1 N–H and O–H groups in total. The molecule has 25 heavy (non-hydrogen) atoms. The molecular weight excluding hydrogens is 334 g/mol. The molecule has 2 aromatic rings. The minimum absolute atomic E-state index is 0.136. The SMILES string of the molecule is Cc1nc(-c2ccc3c(c2)CCN3C(=O)CN2CCC[C@H]2CO)cs1. The number of benzene rings is 1. The molecule has 0 saturated carbocycles. The summed E-state index contributed by atoms with van der Waals surface area (Å²) in [4.78, 5) is 21.3. The second-order valence-corrected chi connectivity index (χ2v) is 7.90. The van der Waals surface area contributed by atoms with E-state index in [1.54, 1.807) is 11.3 Å². The van der Waals surface area contributed by atoms with Crippen LogP contribution in [-0.4, -0.2) is 53.2 Å². The molecule has 0 bridgehead atoms. The molecule has 0 unspecified atom stereocenters. The van der Waals surface area contributed by atoms with E-state index in [1.807, 2.05) is 11.8 Å². The van der Waals surface area contributed by atoms with Crippen molar-refractivity contribution in [1.82, 2.24) is 9.88 Å². The first-order valence-corrected chi connectivity index (χ1v) is 9.74. The molecule has 2 aliphatic heterocycles. The summed E-state index contributed by atoms with van der Waals surface area (Å²) >= 11 is 1.66. The Labute approximate surface area is 151 Å². The molecule has 4 rings (SSSR count). The molecular formula is C19H23N3O2S. The van der Waals surface area contributed by atoms with Crippen LogP contribution in [0, 0.1) is 6.92 Å². The number of amides is 1. The molecule has 132 valence electrons. The van der Waals surface area contributed by atoms with Gasteiger partial charge in [0.1, 0.15) is 0 Å². The number of anilines is 1. The average molecular weight is 357 g/mol. The molecule has 6 heteroatoms. The van der Waals surface area contributed by atoms with Crippen molar-refractivity contribution in [2.24, 2.45) is 0 Å². The van der Waals surface area contributed by atoms with E-state index in [4.69, 9.17) is 0 Å². The number of aryl methyl sites for hydroxylation is 1. The smallest absolute Gasteiger partial charge is 0.241 e. The number of aliphatic hydroxyl groups excluding tert-OH is 1. The van der Waals surface area contributed by atoms with Crippen LogP contribution in [0.5, 0.6) is 0 Å². The molecule has 0 aliphatic carbocycles. The Bertz CT molecular complexity index is 789. The number of aliphatic hydroxyl groups is 1. The lowest BCUT2D eigenvalue weighted by atomic mass is 10.1. The largest absolute Gasteiger partial charge is 0.395 e. The monoisotopic (exact) mass is 357 g/mol. The number of likely N-dealkylation sites (tertiary alicyclic amines) is 1. The Hall–Kier alpha value is -1.76. The van der Waals surface area contributed by atoms with Crippen LogP contribution in [0.15, 0.2) is 23.6 Å². The summed E-state index contributed by atoms with van der Waals surface area (Å²) in [5.41, 5.74) is 4.38. The highest BCUT2D eigenvalue weighted by Crippen LogP contribution is 2.33. The normalized spacial score (nSPS) is 20.2. The average Bonchev–Trinajstić information content (AvgIpc) is 3.33. The van der Waals surface area contributed by atoms with Gasteiger partial charge in [-0.25, -0.2) is 4.98 Å². The van der Waals surface area contributed by atoms with Gasteiger partial charge in [-0.1, -0.05) is 6.07 Å². The van der Waals surface area contributed by atoms with E-state index in [9.17, 15) is 9.90 Å². The second kappa shape index (κ2) is 6.86. The maximum absolute atomic E-state index is 12.8. The first-order valence-electron chi connectivity index (χ1n) is 8.86. The van der Waals surface area contributed by atoms with Crippen molar-refractivity contribution in [3.8, 4) is 11.3 Å². The highest BCUT2D eigenvalue weighted by atomic mass is 32.1. The zero-order valence-electron chi connectivity index (χ0n) is 14.4. The minimum Gasteiger partial charge on any atom is -0.395 e. The summed E-state index contributed by atoms with van der Waals surface area (Å²) in [6.45, 7) is 4.20. The maximum Gasteiger partial charge on any atom is 0.241 e. The molecule has 3 heterocycles. The molecule has 0 radical (unpaired) electrons. The molecule has 1 atom stereocenters. The quantitative estimate of drug-likeness (QED) is 0.913. The van der Waals surface area contributed by atoms with Gasteiger partial charge in [0.05, 0.1) is 23.9 Å². The van der Waals surface area contributed by atoms with Crippen LogP contribution < -0.4 is 4.90 Å². The minimum atomic E-state index is 0.136. The number of hydrogen-bond acceptors (Lipinski definition) is 5. The van der Waals surface area contributed by atoms with Gasteiger partial charge in [-0.3, -0.25) is 9.69 Å².